The molecule has 0 atom stereocenters. The third-order valence-electron chi connectivity index (χ3n) is 2.77. The molecule has 0 unspecified atom stereocenters. The van der Waals surface area contributed by atoms with Gasteiger partial charge in [-0.15, -0.1) is 0 Å². The van der Waals surface area contributed by atoms with Crippen molar-refractivity contribution in [3.05, 3.63) is 0 Å². The molecule has 2 aliphatic rings. The zero-order valence-corrected chi connectivity index (χ0v) is 7.49. The summed E-state index contributed by atoms with van der Waals surface area (Å²) in [5.41, 5.74) is -0.181. The van der Waals surface area contributed by atoms with Crippen LogP contribution in [0.25, 0.3) is 0 Å². The van der Waals surface area contributed by atoms with E-state index in [2.05, 4.69) is 0 Å². The van der Waals surface area contributed by atoms with Crippen LogP contribution in [0.2, 0.25) is 0 Å². The zero-order valence-electron chi connectivity index (χ0n) is 7.49. The Morgan fingerprint density at radius 1 is 1.54 bits per heavy atom. The number of amides is 1. The Kier molecular flexibility index (Phi) is 2.07. The highest BCUT2D eigenvalue weighted by atomic mass is 16.7. The van der Waals surface area contributed by atoms with E-state index in [4.69, 9.17) is 4.84 Å². The maximum atomic E-state index is 11.4. The average molecular weight is 183 g/mol. The van der Waals surface area contributed by atoms with E-state index in [1.54, 1.807) is 0 Å². The van der Waals surface area contributed by atoms with Crippen LogP contribution in [0, 0.1) is 0 Å². The largest absolute Gasteiger partial charge is 0.303 e. The quantitative estimate of drug-likeness (QED) is 0.604. The molecule has 0 radical (unpaired) electrons. The van der Waals surface area contributed by atoms with Crippen LogP contribution in [0.5, 0.6) is 0 Å². The molecule has 1 saturated carbocycles. The summed E-state index contributed by atoms with van der Waals surface area (Å²) in [5, 5.41) is 1.35. The Morgan fingerprint density at radius 2 is 2.31 bits per heavy atom. The van der Waals surface area contributed by atoms with Gasteiger partial charge in [0.2, 0.25) is 5.91 Å². The lowest BCUT2D eigenvalue weighted by Crippen LogP contribution is -2.38. The van der Waals surface area contributed by atoms with E-state index in [1.807, 2.05) is 0 Å². The van der Waals surface area contributed by atoms with Crippen LogP contribution in [-0.2, 0) is 14.4 Å². The molecule has 0 N–H and O–H groups in total. The van der Waals surface area contributed by atoms with Gasteiger partial charge >= 0.3 is 0 Å². The van der Waals surface area contributed by atoms with Crippen LogP contribution < -0.4 is 0 Å². The summed E-state index contributed by atoms with van der Waals surface area (Å²) in [6, 6.07) is 0. The predicted molar refractivity (Wildman–Crippen MR) is 44.7 cm³/mol. The molecule has 1 heterocycles. The minimum atomic E-state index is -0.181. The van der Waals surface area contributed by atoms with Crippen molar-refractivity contribution in [3.63, 3.8) is 0 Å². The summed E-state index contributed by atoms with van der Waals surface area (Å²) in [6.07, 6.45) is 4.79. The van der Waals surface area contributed by atoms with Gasteiger partial charge in [0, 0.05) is 6.42 Å². The summed E-state index contributed by atoms with van der Waals surface area (Å²) in [7, 11) is 0. The summed E-state index contributed by atoms with van der Waals surface area (Å²) >= 11 is 0. The normalized spacial score (nSPS) is 24.9. The van der Waals surface area contributed by atoms with Crippen molar-refractivity contribution < 1.29 is 14.4 Å². The number of carbonyl (C=O) groups excluding carboxylic acids is 2. The van der Waals surface area contributed by atoms with Crippen molar-refractivity contribution in [2.75, 3.05) is 6.54 Å². The molecular formula is C9H13NO3. The first-order chi connectivity index (χ1) is 6.26. The Balaban J connectivity index is 1.91. The molecule has 4 heteroatoms. The molecule has 0 aromatic heterocycles. The van der Waals surface area contributed by atoms with Crippen LogP contribution in [0.15, 0.2) is 0 Å². The second-order valence-corrected chi connectivity index (χ2v) is 3.76. The Hall–Kier alpha value is -0.900. The molecule has 2 rings (SSSR count). The highest BCUT2D eigenvalue weighted by Gasteiger charge is 2.48. The maximum absolute atomic E-state index is 11.4. The molecule has 0 aromatic carbocycles. The van der Waals surface area contributed by atoms with Crippen LogP contribution in [-0.4, -0.2) is 29.4 Å². The number of nitrogens with zero attached hydrogens (tertiary/aromatic N) is 1. The number of rotatable bonds is 3. The van der Waals surface area contributed by atoms with Crippen LogP contribution in [0.1, 0.15) is 32.1 Å². The number of hydrogen-bond acceptors (Lipinski definition) is 3. The van der Waals surface area contributed by atoms with Gasteiger partial charge in [-0.2, -0.15) is 0 Å². The number of aldehydes is 1. The summed E-state index contributed by atoms with van der Waals surface area (Å²) in [5.74, 6) is 0.0292. The van der Waals surface area contributed by atoms with Crippen molar-refractivity contribution in [2.24, 2.45) is 0 Å². The third kappa shape index (κ3) is 1.46. The topological polar surface area (TPSA) is 46.6 Å². The fourth-order valence-electron chi connectivity index (χ4n) is 1.86. The van der Waals surface area contributed by atoms with Crippen molar-refractivity contribution in [1.29, 1.82) is 0 Å². The SMILES string of the molecule is O=CCCN1OC2(CCC2)CC1=O. The first-order valence-electron chi connectivity index (χ1n) is 4.69. The molecule has 1 spiro atoms. The zero-order chi connectivity index (χ0) is 9.31. The third-order valence-corrected chi connectivity index (χ3v) is 2.77. The van der Waals surface area contributed by atoms with Crippen molar-refractivity contribution in [1.82, 2.24) is 5.06 Å². The van der Waals surface area contributed by atoms with Crippen molar-refractivity contribution in [2.45, 2.75) is 37.7 Å². The van der Waals surface area contributed by atoms with Crippen LogP contribution >= 0.6 is 0 Å². The molecule has 1 amide bonds. The number of carbonyl (C=O) groups is 2. The van der Waals surface area contributed by atoms with E-state index >= 15 is 0 Å². The first-order valence-corrected chi connectivity index (χ1v) is 4.69. The van der Waals surface area contributed by atoms with E-state index in [-0.39, 0.29) is 11.5 Å². The fraction of sp³-hybridized carbons (Fsp3) is 0.778. The van der Waals surface area contributed by atoms with Gasteiger partial charge in [0.05, 0.1) is 13.0 Å². The first kappa shape index (κ1) is 8.69. The lowest BCUT2D eigenvalue weighted by atomic mass is 9.78. The summed E-state index contributed by atoms with van der Waals surface area (Å²) in [6.45, 7) is 0.407. The van der Waals surface area contributed by atoms with Crippen molar-refractivity contribution in [3.8, 4) is 0 Å². The molecule has 1 aliphatic carbocycles. The highest BCUT2D eigenvalue weighted by Crippen LogP contribution is 2.43. The van der Waals surface area contributed by atoms with E-state index in [1.165, 1.54) is 5.06 Å². The van der Waals surface area contributed by atoms with Gasteiger partial charge in [0.1, 0.15) is 11.9 Å². The van der Waals surface area contributed by atoms with Crippen LogP contribution in [0.3, 0.4) is 0 Å². The monoisotopic (exact) mass is 183 g/mol. The van der Waals surface area contributed by atoms with Gasteiger partial charge < -0.3 is 4.79 Å². The highest BCUT2D eigenvalue weighted by molar-refractivity contribution is 5.78. The molecule has 1 aliphatic heterocycles. The molecular weight excluding hydrogens is 170 g/mol. The molecule has 13 heavy (non-hydrogen) atoms. The fourth-order valence-corrected chi connectivity index (χ4v) is 1.86. The lowest BCUT2D eigenvalue weighted by molar-refractivity contribution is -0.219. The molecule has 72 valence electrons. The summed E-state index contributed by atoms with van der Waals surface area (Å²) in [4.78, 5) is 27.0. The minimum Gasteiger partial charge on any atom is -0.303 e. The molecule has 0 bridgehead atoms. The van der Waals surface area contributed by atoms with E-state index in [0.717, 1.165) is 25.5 Å². The lowest BCUT2D eigenvalue weighted by Gasteiger charge is -2.35. The number of hydrogen-bond donors (Lipinski definition) is 0. The van der Waals surface area contributed by atoms with Gasteiger partial charge in [0.15, 0.2) is 0 Å². The van der Waals surface area contributed by atoms with Gasteiger partial charge in [-0.05, 0) is 19.3 Å². The molecule has 4 nitrogen and oxygen atoms in total. The molecule has 1 saturated heterocycles. The van der Waals surface area contributed by atoms with E-state index in [9.17, 15) is 9.59 Å². The van der Waals surface area contributed by atoms with Gasteiger partial charge in [-0.1, -0.05) is 0 Å². The smallest absolute Gasteiger partial charge is 0.249 e. The van der Waals surface area contributed by atoms with Crippen molar-refractivity contribution >= 4 is 12.2 Å². The number of hydroxylamine groups is 2. The van der Waals surface area contributed by atoms with E-state index in [0.29, 0.717) is 19.4 Å². The predicted octanol–water partition coefficient (Wildman–Crippen LogP) is 0.662. The average Bonchev–Trinajstić information content (AvgIpc) is 2.39. The standard InChI is InChI=1S/C9H13NO3/c11-6-2-5-10-8(12)7-9(13-10)3-1-4-9/h6H,1-5,7H2. The second-order valence-electron chi connectivity index (χ2n) is 3.76. The van der Waals surface area contributed by atoms with Gasteiger partial charge in [-0.25, -0.2) is 5.06 Å². The Morgan fingerprint density at radius 3 is 2.77 bits per heavy atom. The van der Waals surface area contributed by atoms with Gasteiger partial charge in [0.25, 0.3) is 0 Å². The second kappa shape index (κ2) is 3.10. The molecule has 0 aromatic rings. The summed E-state index contributed by atoms with van der Waals surface area (Å²) < 4.78 is 0. The molecule has 2 fully saturated rings. The Bertz CT molecular complexity index is 235. The van der Waals surface area contributed by atoms with Crippen LogP contribution in [0.4, 0.5) is 0 Å². The van der Waals surface area contributed by atoms with Gasteiger partial charge in [-0.3, -0.25) is 9.63 Å². The Labute approximate surface area is 76.8 Å². The minimum absolute atomic E-state index is 0.0292. The van der Waals surface area contributed by atoms with E-state index < -0.39 is 0 Å². The maximum Gasteiger partial charge on any atom is 0.249 e.